The summed E-state index contributed by atoms with van der Waals surface area (Å²) in [5.74, 6) is 1.10. The summed E-state index contributed by atoms with van der Waals surface area (Å²) in [5, 5.41) is 3.80. The fourth-order valence-corrected chi connectivity index (χ4v) is 4.37. The molecule has 0 amide bonds. The number of aryl methyl sites for hydroxylation is 2. The largest absolute Gasteiger partial charge is 0.337 e. The molecule has 0 aliphatic rings. The van der Waals surface area contributed by atoms with Crippen LogP contribution in [0, 0.1) is 13.8 Å². The second-order valence-corrected chi connectivity index (χ2v) is 8.61. The van der Waals surface area contributed by atoms with Gasteiger partial charge in [0.15, 0.2) is 0 Å². The predicted molar refractivity (Wildman–Crippen MR) is 111 cm³/mol. The van der Waals surface area contributed by atoms with Crippen molar-refractivity contribution in [3.05, 3.63) is 71.2 Å². The molecule has 0 fully saturated rings. The molecule has 0 aliphatic carbocycles. The Hall–Kier alpha value is -3.13. The van der Waals surface area contributed by atoms with E-state index in [9.17, 15) is 8.42 Å². The number of aromatic nitrogens is 3. The lowest BCUT2D eigenvalue weighted by Crippen LogP contribution is -2.14. The van der Waals surface area contributed by atoms with Crippen LogP contribution in [0.1, 0.15) is 29.6 Å². The molecule has 0 saturated heterocycles. The topological polar surface area (TPSA) is 90.0 Å². The van der Waals surface area contributed by atoms with Crippen LogP contribution in [0.2, 0.25) is 0 Å². The maximum absolute atomic E-state index is 12.8. The molecule has 8 heteroatoms. The highest BCUT2D eigenvalue weighted by molar-refractivity contribution is 7.92. The van der Waals surface area contributed by atoms with Crippen molar-refractivity contribution in [3.8, 4) is 0 Å². The Morgan fingerprint density at radius 3 is 2.62 bits per heavy atom. The Morgan fingerprint density at radius 2 is 1.90 bits per heavy atom. The second kappa shape index (κ2) is 7.36. The summed E-state index contributed by atoms with van der Waals surface area (Å²) in [6.45, 7) is 6.12. The molecule has 2 heterocycles. The Balaban J connectivity index is 1.67. The number of anilines is 1. The summed E-state index contributed by atoms with van der Waals surface area (Å²) < 4.78 is 35.4. The standard InChI is InChI=1S/C21H22N4O3S/c1-4-20-22-18-10-5-6-11-19(18)25(20)13-16-8-7-9-17(12-16)29(26,27)24-21-14(2)15(3)23-28-21/h5-12,24H,4,13H2,1-3H3. The zero-order valence-corrected chi connectivity index (χ0v) is 17.3. The number of imidazole rings is 1. The molecular formula is C21H22N4O3S. The zero-order chi connectivity index (χ0) is 20.6. The van der Waals surface area contributed by atoms with Crippen LogP contribution in [0.3, 0.4) is 0 Å². The molecular weight excluding hydrogens is 388 g/mol. The molecule has 0 spiro atoms. The lowest BCUT2D eigenvalue weighted by atomic mass is 10.2. The third kappa shape index (κ3) is 3.63. The lowest BCUT2D eigenvalue weighted by Gasteiger charge is -2.11. The maximum atomic E-state index is 12.8. The van der Waals surface area contributed by atoms with Crippen molar-refractivity contribution in [1.82, 2.24) is 14.7 Å². The molecule has 1 N–H and O–H groups in total. The van der Waals surface area contributed by atoms with Crippen molar-refractivity contribution < 1.29 is 12.9 Å². The van der Waals surface area contributed by atoms with Gasteiger partial charge in [0, 0.05) is 18.5 Å². The van der Waals surface area contributed by atoms with Crippen LogP contribution in [-0.2, 0) is 23.0 Å². The minimum absolute atomic E-state index is 0.141. The zero-order valence-electron chi connectivity index (χ0n) is 16.5. The fraction of sp³-hybridized carbons (Fsp3) is 0.238. The van der Waals surface area contributed by atoms with E-state index in [-0.39, 0.29) is 10.8 Å². The van der Waals surface area contributed by atoms with E-state index in [1.807, 2.05) is 30.3 Å². The predicted octanol–water partition coefficient (Wildman–Crippen LogP) is 4.05. The number of nitrogens with zero attached hydrogens (tertiary/aromatic N) is 3. The highest BCUT2D eigenvalue weighted by Crippen LogP contribution is 2.23. The van der Waals surface area contributed by atoms with E-state index >= 15 is 0 Å². The van der Waals surface area contributed by atoms with Gasteiger partial charge in [0.05, 0.1) is 21.6 Å². The minimum Gasteiger partial charge on any atom is -0.337 e. The number of sulfonamides is 1. The molecule has 150 valence electrons. The van der Waals surface area contributed by atoms with E-state index in [0.717, 1.165) is 28.8 Å². The van der Waals surface area contributed by atoms with Crippen molar-refractivity contribution in [1.29, 1.82) is 0 Å². The number of rotatable bonds is 6. The molecule has 7 nitrogen and oxygen atoms in total. The smallest absolute Gasteiger partial charge is 0.264 e. The SMILES string of the molecule is CCc1nc2ccccc2n1Cc1cccc(S(=O)(=O)Nc2onc(C)c2C)c1. The first-order chi connectivity index (χ1) is 13.9. The van der Waals surface area contributed by atoms with Crippen molar-refractivity contribution in [2.24, 2.45) is 0 Å². The van der Waals surface area contributed by atoms with Crippen LogP contribution >= 0.6 is 0 Å². The monoisotopic (exact) mass is 410 g/mol. The molecule has 29 heavy (non-hydrogen) atoms. The van der Waals surface area contributed by atoms with E-state index in [4.69, 9.17) is 4.52 Å². The highest BCUT2D eigenvalue weighted by atomic mass is 32.2. The van der Waals surface area contributed by atoms with Gasteiger partial charge in [-0.1, -0.05) is 36.3 Å². The summed E-state index contributed by atoms with van der Waals surface area (Å²) >= 11 is 0. The summed E-state index contributed by atoms with van der Waals surface area (Å²) in [5.41, 5.74) is 4.16. The third-order valence-corrected chi connectivity index (χ3v) is 6.31. The van der Waals surface area contributed by atoms with Crippen molar-refractivity contribution >= 4 is 26.9 Å². The van der Waals surface area contributed by atoms with Crippen LogP contribution in [0.4, 0.5) is 5.88 Å². The van der Waals surface area contributed by atoms with E-state index in [0.29, 0.717) is 17.8 Å². The average molecular weight is 410 g/mol. The van der Waals surface area contributed by atoms with Crippen LogP contribution in [0.15, 0.2) is 57.9 Å². The van der Waals surface area contributed by atoms with Gasteiger partial charge < -0.3 is 9.09 Å². The molecule has 4 aromatic rings. The van der Waals surface area contributed by atoms with Gasteiger partial charge in [0.1, 0.15) is 5.82 Å². The van der Waals surface area contributed by atoms with Crippen molar-refractivity contribution in [2.75, 3.05) is 4.72 Å². The molecule has 0 saturated carbocycles. The normalized spacial score (nSPS) is 11.8. The Morgan fingerprint density at radius 1 is 1.10 bits per heavy atom. The number of para-hydroxylation sites is 2. The number of benzene rings is 2. The molecule has 4 rings (SSSR count). The average Bonchev–Trinajstić information content (AvgIpc) is 3.23. The third-order valence-electron chi connectivity index (χ3n) is 4.98. The van der Waals surface area contributed by atoms with E-state index in [1.165, 1.54) is 0 Å². The fourth-order valence-electron chi connectivity index (χ4n) is 3.26. The summed E-state index contributed by atoms with van der Waals surface area (Å²) in [6, 6.07) is 14.9. The van der Waals surface area contributed by atoms with E-state index < -0.39 is 10.0 Å². The summed E-state index contributed by atoms with van der Waals surface area (Å²) in [7, 11) is -3.79. The Labute approximate surface area is 169 Å². The van der Waals surface area contributed by atoms with Gasteiger partial charge in [-0.3, -0.25) is 0 Å². The molecule has 0 unspecified atom stereocenters. The minimum atomic E-state index is -3.79. The molecule has 2 aromatic carbocycles. The molecule has 0 bridgehead atoms. The molecule has 0 atom stereocenters. The van der Waals surface area contributed by atoms with Gasteiger partial charge in [0.25, 0.3) is 10.0 Å². The highest BCUT2D eigenvalue weighted by Gasteiger charge is 2.20. The van der Waals surface area contributed by atoms with Gasteiger partial charge in [-0.15, -0.1) is 0 Å². The van der Waals surface area contributed by atoms with Crippen molar-refractivity contribution in [3.63, 3.8) is 0 Å². The quantitative estimate of drug-likeness (QED) is 0.518. The number of nitrogens with one attached hydrogen (secondary N) is 1. The summed E-state index contributed by atoms with van der Waals surface area (Å²) in [6.07, 6.45) is 0.790. The first-order valence-corrected chi connectivity index (χ1v) is 10.9. The molecule has 2 aromatic heterocycles. The van der Waals surface area contributed by atoms with Crippen LogP contribution in [0.25, 0.3) is 11.0 Å². The maximum Gasteiger partial charge on any atom is 0.264 e. The second-order valence-electron chi connectivity index (χ2n) is 6.93. The van der Waals surface area contributed by atoms with Crippen LogP contribution < -0.4 is 4.72 Å². The Bertz CT molecular complexity index is 1290. The van der Waals surface area contributed by atoms with Gasteiger partial charge >= 0.3 is 0 Å². The van der Waals surface area contributed by atoms with Gasteiger partial charge in [-0.2, -0.15) is 0 Å². The lowest BCUT2D eigenvalue weighted by molar-refractivity contribution is 0.430. The number of fused-ring (bicyclic) bond motifs is 1. The van der Waals surface area contributed by atoms with E-state index in [2.05, 4.69) is 26.4 Å². The van der Waals surface area contributed by atoms with Gasteiger partial charge in [-0.25, -0.2) is 18.1 Å². The van der Waals surface area contributed by atoms with E-state index in [1.54, 1.807) is 32.0 Å². The number of hydrogen-bond donors (Lipinski definition) is 1. The van der Waals surface area contributed by atoms with Crippen LogP contribution in [-0.4, -0.2) is 23.1 Å². The first-order valence-electron chi connectivity index (χ1n) is 9.38. The van der Waals surface area contributed by atoms with Crippen molar-refractivity contribution in [2.45, 2.75) is 38.6 Å². The first kappa shape index (κ1) is 19.2. The van der Waals surface area contributed by atoms with Gasteiger partial charge in [0.2, 0.25) is 5.88 Å². The van der Waals surface area contributed by atoms with Crippen LogP contribution in [0.5, 0.6) is 0 Å². The molecule has 0 radical (unpaired) electrons. The number of hydrogen-bond acceptors (Lipinski definition) is 5. The van der Waals surface area contributed by atoms with Gasteiger partial charge in [-0.05, 0) is 43.7 Å². The summed E-state index contributed by atoms with van der Waals surface area (Å²) in [4.78, 5) is 4.85. The Kier molecular flexibility index (Phi) is 4.87. The molecule has 0 aliphatic heterocycles.